The maximum Gasteiger partial charge on any atom is 0.244 e. The molecule has 1 heterocycles. The number of hydrogen-bond acceptors (Lipinski definition) is 3. The van der Waals surface area contributed by atoms with Crippen molar-refractivity contribution in [1.82, 2.24) is 5.32 Å². The van der Waals surface area contributed by atoms with Crippen molar-refractivity contribution < 1.29 is 4.79 Å². The van der Waals surface area contributed by atoms with Crippen molar-refractivity contribution in [3.05, 3.63) is 28.7 Å². The third kappa shape index (κ3) is 2.92. The van der Waals surface area contributed by atoms with Gasteiger partial charge >= 0.3 is 0 Å². The molecule has 1 aliphatic rings. The van der Waals surface area contributed by atoms with E-state index >= 15 is 0 Å². The van der Waals surface area contributed by atoms with Crippen LogP contribution in [0.25, 0.3) is 0 Å². The summed E-state index contributed by atoms with van der Waals surface area (Å²) in [4.78, 5) is 14.3. The molecule has 0 spiro atoms. The predicted octanol–water partition coefficient (Wildman–Crippen LogP) is 1.88. The number of nitrogens with one attached hydrogen (secondary N) is 1. The number of carbonyl (C=O) groups is 1. The summed E-state index contributed by atoms with van der Waals surface area (Å²) in [7, 11) is 0. The number of benzene rings is 1. The van der Waals surface area contributed by atoms with Gasteiger partial charge in [0.15, 0.2) is 0 Å². The van der Waals surface area contributed by atoms with Crippen molar-refractivity contribution in [2.75, 3.05) is 18.0 Å². The molecule has 19 heavy (non-hydrogen) atoms. The van der Waals surface area contributed by atoms with Crippen LogP contribution in [0.4, 0.5) is 5.69 Å². The van der Waals surface area contributed by atoms with Crippen LogP contribution < -0.4 is 16.0 Å². The number of amides is 1. The molecule has 1 amide bonds. The summed E-state index contributed by atoms with van der Waals surface area (Å²) in [6.07, 6.45) is 0.891. The smallest absolute Gasteiger partial charge is 0.244 e. The van der Waals surface area contributed by atoms with Crippen molar-refractivity contribution in [3.63, 3.8) is 0 Å². The minimum Gasteiger partial charge on any atom is -0.354 e. The van der Waals surface area contributed by atoms with Gasteiger partial charge in [0.2, 0.25) is 5.91 Å². The van der Waals surface area contributed by atoms with Crippen molar-refractivity contribution in [1.29, 1.82) is 0 Å². The molecule has 4 nitrogen and oxygen atoms in total. The molecular weight excluding hydrogens is 306 g/mol. The molecule has 1 aliphatic heterocycles. The van der Waals surface area contributed by atoms with Crippen LogP contribution in [0.3, 0.4) is 0 Å². The van der Waals surface area contributed by atoms with Gasteiger partial charge in [-0.15, -0.1) is 0 Å². The van der Waals surface area contributed by atoms with Gasteiger partial charge < -0.3 is 16.0 Å². The summed E-state index contributed by atoms with van der Waals surface area (Å²) in [6, 6.07) is 7.68. The fraction of sp³-hybridized carbons (Fsp3) is 0.500. The Labute approximate surface area is 122 Å². The molecule has 2 rings (SSSR count). The van der Waals surface area contributed by atoms with Gasteiger partial charge in [-0.25, -0.2) is 0 Å². The van der Waals surface area contributed by atoms with Crippen molar-refractivity contribution in [2.24, 2.45) is 5.73 Å². The first kappa shape index (κ1) is 14.3. The van der Waals surface area contributed by atoms with E-state index < -0.39 is 0 Å². The standard InChI is InChI=1S/C14H20BrN3O/c1-14(2)6-7-17-13(19)12(9-16)18(14)11-5-3-4-10(15)8-11/h3-5,8,12H,6-7,9,16H2,1-2H3,(H,17,19). The average molecular weight is 326 g/mol. The van der Waals surface area contributed by atoms with Crippen LogP contribution in [-0.4, -0.2) is 30.6 Å². The molecule has 0 aliphatic carbocycles. The molecule has 0 radical (unpaired) electrons. The van der Waals surface area contributed by atoms with Crippen LogP contribution in [0.1, 0.15) is 20.3 Å². The molecule has 0 aromatic heterocycles. The van der Waals surface area contributed by atoms with Crippen molar-refractivity contribution in [2.45, 2.75) is 31.8 Å². The molecule has 1 unspecified atom stereocenters. The van der Waals surface area contributed by atoms with E-state index in [9.17, 15) is 4.79 Å². The molecule has 5 heteroatoms. The highest BCUT2D eigenvalue weighted by molar-refractivity contribution is 9.10. The number of halogens is 1. The molecule has 1 fully saturated rings. The number of rotatable bonds is 2. The largest absolute Gasteiger partial charge is 0.354 e. The summed E-state index contributed by atoms with van der Waals surface area (Å²) in [6.45, 7) is 5.29. The van der Waals surface area contributed by atoms with Crippen LogP contribution in [0.2, 0.25) is 0 Å². The quantitative estimate of drug-likeness (QED) is 0.872. The highest BCUT2D eigenvalue weighted by Crippen LogP contribution is 2.32. The lowest BCUT2D eigenvalue weighted by molar-refractivity contribution is -0.121. The normalized spacial score (nSPS) is 22.8. The van der Waals surface area contributed by atoms with Gasteiger partial charge in [-0.05, 0) is 38.5 Å². The molecule has 3 N–H and O–H groups in total. The molecule has 104 valence electrons. The maximum atomic E-state index is 12.2. The highest BCUT2D eigenvalue weighted by atomic mass is 79.9. The second-order valence-electron chi connectivity index (χ2n) is 5.45. The number of nitrogens with zero attached hydrogens (tertiary/aromatic N) is 1. The van der Waals surface area contributed by atoms with Crippen molar-refractivity contribution in [3.8, 4) is 0 Å². The second kappa shape index (κ2) is 5.51. The first-order valence-electron chi connectivity index (χ1n) is 6.48. The maximum absolute atomic E-state index is 12.2. The molecule has 1 aromatic rings. The number of anilines is 1. The lowest BCUT2D eigenvalue weighted by Crippen LogP contribution is -2.56. The number of nitrogens with two attached hydrogens (primary N) is 1. The fourth-order valence-corrected chi connectivity index (χ4v) is 3.02. The van der Waals surface area contributed by atoms with Crippen molar-refractivity contribution >= 4 is 27.5 Å². The summed E-state index contributed by atoms with van der Waals surface area (Å²) < 4.78 is 1.00. The topological polar surface area (TPSA) is 58.4 Å². The fourth-order valence-electron chi connectivity index (χ4n) is 2.64. The Hall–Kier alpha value is -1.07. The Bertz CT molecular complexity index is 476. The van der Waals surface area contributed by atoms with Gasteiger partial charge in [-0.3, -0.25) is 4.79 Å². The summed E-state index contributed by atoms with van der Waals surface area (Å²) in [5.74, 6) is 0.00745. The zero-order valence-corrected chi connectivity index (χ0v) is 12.9. The highest BCUT2D eigenvalue weighted by Gasteiger charge is 2.38. The first-order valence-corrected chi connectivity index (χ1v) is 7.28. The lowest BCUT2D eigenvalue weighted by Gasteiger charge is -2.42. The van der Waals surface area contributed by atoms with Gasteiger partial charge in [0.1, 0.15) is 6.04 Å². The third-order valence-electron chi connectivity index (χ3n) is 3.61. The third-order valence-corrected chi connectivity index (χ3v) is 4.11. The average Bonchev–Trinajstić information content (AvgIpc) is 2.45. The monoisotopic (exact) mass is 325 g/mol. The van der Waals surface area contributed by atoms with Gasteiger partial charge in [0, 0.05) is 28.8 Å². The van der Waals surface area contributed by atoms with Gasteiger partial charge in [-0.1, -0.05) is 22.0 Å². The summed E-state index contributed by atoms with van der Waals surface area (Å²) >= 11 is 3.48. The van der Waals surface area contributed by atoms with Crippen LogP contribution >= 0.6 is 15.9 Å². The van der Waals surface area contributed by atoms with E-state index in [0.717, 1.165) is 16.6 Å². The minimum absolute atomic E-state index is 0.00745. The second-order valence-corrected chi connectivity index (χ2v) is 6.37. The SMILES string of the molecule is CC1(C)CCNC(=O)C(CN)N1c1cccc(Br)c1. The van der Waals surface area contributed by atoms with Crippen LogP contribution in [0.15, 0.2) is 28.7 Å². The van der Waals surface area contributed by atoms with E-state index in [2.05, 4.69) is 40.0 Å². The molecule has 1 atom stereocenters. The van der Waals surface area contributed by atoms with E-state index in [4.69, 9.17) is 5.73 Å². The molecule has 0 bridgehead atoms. The molecule has 1 saturated heterocycles. The first-order chi connectivity index (χ1) is 8.95. The minimum atomic E-state index is -0.327. The van der Waals surface area contributed by atoms with E-state index in [1.807, 2.05) is 24.3 Å². The zero-order chi connectivity index (χ0) is 14.0. The Kier molecular flexibility index (Phi) is 4.16. The summed E-state index contributed by atoms with van der Waals surface area (Å²) in [5.41, 5.74) is 6.74. The van der Waals surface area contributed by atoms with E-state index in [1.54, 1.807) is 0 Å². The molecule has 0 saturated carbocycles. The number of carbonyl (C=O) groups excluding carboxylic acids is 1. The van der Waals surface area contributed by atoms with Gasteiger partial charge in [0.05, 0.1) is 0 Å². The Morgan fingerprint density at radius 1 is 1.53 bits per heavy atom. The van der Waals surface area contributed by atoms with Gasteiger partial charge in [0.25, 0.3) is 0 Å². The van der Waals surface area contributed by atoms with E-state index in [1.165, 1.54) is 0 Å². The van der Waals surface area contributed by atoms with Gasteiger partial charge in [-0.2, -0.15) is 0 Å². The lowest BCUT2D eigenvalue weighted by atomic mass is 9.95. The Balaban J connectivity index is 2.48. The molecule has 1 aromatic carbocycles. The zero-order valence-electron chi connectivity index (χ0n) is 11.3. The van der Waals surface area contributed by atoms with E-state index in [0.29, 0.717) is 13.1 Å². The van der Waals surface area contributed by atoms with Crippen LogP contribution in [0, 0.1) is 0 Å². The van der Waals surface area contributed by atoms with E-state index in [-0.39, 0.29) is 17.5 Å². The van der Waals surface area contributed by atoms with Crippen LogP contribution in [0.5, 0.6) is 0 Å². The Morgan fingerprint density at radius 3 is 2.89 bits per heavy atom. The Morgan fingerprint density at radius 2 is 2.26 bits per heavy atom. The van der Waals surface area contributed by atoms with Crippen LogP contribution in [-0.2, 0) is 4.79 Å². The predicted molar refractivity (Wildman–Crippen MR) is 81.2 cm³/mol. The number of hydrogen-bond donors (Lipinski definition) is 2. The molecular formula is C14H20BrN3O. The summed E-state index contributed by atoms with van der Waals surface area (Å²) in [5, 5.41) is 2.94.